The number of amides is 2. The van der Waals surface area contributed by atoms with Crippen LogP contribution in [0.2, 0.25) is 0 Å². The van der Waals surface area contributed by atoms with E-state index in [2.05, 4.69) is 5.32 Å². The molecule has 35 heavy (non-hydrogen) atoms. The molecule has 0 bridgehead atoms. The Morgan fingerprint density at radius 2 is 1.71 bits per heavy atom. The van der Waals surface area contributed by atoms with E-state index >= 15 is 0 Å². The lowest BCUT2D eigenvalue weighted by Gasteiger charge is -2.33. The molecule has 190 valence electrons. The highest BCUT2D eigenvalue weighted by molar-refractivity contribution is 7.92. The second-order valence-electron chi connectivity index (χ2n) is 8.60. The topological polar surface area (TPSA) is 104 Å². The molecule has 0 fully saturated rings. The number of Topliss-reactive ketones (excluding diaryl/α,β-unsaturated/α-hetero) is 1. The Balaban J connectivity index is 2.46. The Morgan fingerprint density at radius 3 is 2.29 bits per heavy atom. The minimum atomic E-state index is -3.86. The molecule has 0 radical (unpaired) electrons. The molecule has 0 saturated heterocycles. The molecular weight excluding hydrogens is 466 g/mol. The summed E-state index contributed by atoms with van der Waals surface area (Å²) in [4.78, 5) is 39.8. The third-order valence-corrected chi connectivity index (χ3v) is 6.73. The number of benzene rings is 2. The largest absolute Gasteiger partial charge is 0.354 e. The number of anilines is 1. The lowest BCUT2D eigenvalue weighted by Crippen LogP contribution is -2.52. The van der Waals surface area contributed by atoms with Gasteiger partial charge in [0, 0.05) is 18.7 Å². The van der Waals surface area contributed by atoms with Gasteiger partial charge in [-0.25, -0.2) is 8.42 Å². The second kappa shape index (κ2) is 12.5. The maximum Gasteiger partial charge on any atom is 0.244 e. The van der Waals surface area contributed by atoms with Gasteiger partial charge in [0.05, 0.1) is 11.9 Å². The van der Waals surface area contributed by atoms with Crippen molar-refractivity contribution in [1.82, 2.24) is 10.2 Å². The van der Waals surface area contributed by atoms with Crippen LogP contribution in [-0.2, 0) is 26.2 Å². The molecule has 2 amide bonds. The van der Waals surface area contributed by atoms with Crippen LogP contribution in [0.5, 0.6) is 0 Å². The summed E-state index contributed by atoms with van der Waals surface area (Å²) in [7, 11) is -3.86. The predicted molar refractivity (Wildman–Crippen MR) is 138 cm³/mol. The van der Waals surface area contributed by atoms with Crippen LogP contribution in [0.1, 0.15) is 55.1 Å². The summed E-state index contributed by atoms with van der Waals surface area (Å²) in [5.74, 6) is -1.00. The third kappa shape index (κ3) is 7.92. The summed E-state index contributed by atoms with van der Waals surface area (Å²) >= 11 is 0. The molecule has 2 aromatic carbocycles. The molecular formula is C26H35N3O5S. The van der Waals surface area contributed by atoms with Crippen molar-refractivity contribution in [2.24, 2.45) is 0 Å². The smallest absolute Gasteiger partial charge is 0.244 e. The SMILES string of the molecule is CCCNC(=O)[C@H](CC)N(Cc1cccc(C)c1)C(=O)CN(c1cccc(C(C)=O)c1)S(C)(=O)=O. The minimum absolute atomic E-state index is 0.156. The van der Waals surface area contributed by atoms with Crippen molar-refractivity contribution in [1.29, 1.82) is 0 Å². The van der Waals surface area contributed by atoms with Crippen molar-refractivity contribution in [2.45, 2.75) is 53.1 Å². The van der Waals surface area contributed by atoms with Crippen LogP contribution in [0.4, 0.5) is 5.69 Å². The molecule has 0 heterocycles. The van der Waals surface area contributed by atoms with Gasteiger partial charge in [-0.3, -0.25) is 18.7 Å². The summed E-state index contributed by atoms with van der Waals surface area (Å²) in [6, 6.07) is 13.0. The summed E-state index contributed by atoms with van der Waals surface area (Å²) in [5, 5.41) is 2.85. The van der Waals surface area contributed by atoms with E-state index < -0.39 is 28.5 Å². The maximum absolute atomic E-state index is 13.6. The number of carbonyl (C=O) groups excluding carboxylic acids is 3. The average molecular weight is 502 g/mol. The number of carbonyl (C=O) groups is 3. The highest BCUT2D eigenvalue weighted by Crippen LogP contribution is 2.21. The number of sulfonamides is 1. The molecule has 0 saturated carbocycles. The lowest BCUT2D eigenvalue weighted by atomic mass is 10.1. The van der Waals surface area contributed by atoms with E-state index in [0.717, 1.165) is 28.1 Å². The zero-order valence-electron chi connectivity index (χ0n) is 21.1. The molecule has 1 atom stereocenters. The molecule has 0 aliphatic heterocycles. The number of aryl methyl sites for hydroxylation is 1. The highest BCUT2D eigenvalue weighted by atomic mass is 32.2. The number of nitrogens with zero attached hydrogens (tertiary/aromatic N) is 2. The van der Waals surface area contributed by atoms with Gasteiger partial charge >= 0.3 is 0 Å². The van der Waals surface area contributed by atoms with Crippen LogP contribution >= 0.6 is 0 Å². The molecule has 0 unspecified atom stereocenters. The first kappa shape index (κ1) is 28.0. The van der Waals surface area contributed by atoms with Gasteiger partial charge in [0.2, 0.25) is 21.8 Å². The van der Waals surface area contributed by atoms with E-state index in [1.54, 1.807) is 12.1 Å². The second-order valence-corrected chi connectivity index (χ2v) is 10.5. The van der Waals surface area contributed by atoms with Gasteiger partial charge in [0.1, 0.15) is 12.6 Å². The van der Waals surface area contributed by atoms with Crippen molar-refractivity contribution in [2.75, 3.05) is 23.7 Å². The van der Waals surface area contributed by atoms with Crippen molar-refractivity contribution >= 4 is 33.3 Å². The molecule has 8 nitrogen and oxygen atoms in total. The van der Waals surface area contributed by atoms with E-state index in [0.29, 0.717) is 18.5 Å². The third-order valence-electron chi connectivity index (χ3n) is 5.59. The zero-order valence-corrected chi connectivity index (χ0v) is 21.9. The first-order chi connectivity index (χ1) is 16.5. The zero-order chi connectivity index (χ0) is 26.2. The van der Waals surface area contributed by atoms with E-state index in [1.165, 1.54) is 24.0 Å². The van der Waals surface area contributed by atoms with Crippen molar-refractivity contribution < 1.29 is 22.8 Å². The number of rotatable bonds is 12. The van der Waals surface area contributed by atoms with Crippen LogP contribution in [0.15, 0.2) is 48.5 Å². The molecule has 0 aromatic heterocycles. The summed E-state index contributed by atoms with van der Waals surface area (Å²) < 4.78 is 26.3. The Bertz CT molecular complexity index is 1160. The minimum Gasteiger partial charge on any atom is -0.354 e. The standard InChI is InChI=1S/C26H35N3O5S/c1-6-14-27-26(32)24(7-2)28(17-21-11-8-10-19(3)15-21)25(31)18-29(35(5,33)34)23-13-9-12-22(16-23)20(4)30/h8-13,15-16,24H,6-7,14,17-18H2,1-5H3,(H,27,32)/t24-/m0/s1. The van der Waals surface area contributed by atoms with Crippen molar-refractivity contribution in [3.8, 4) is 0 Å². The van der Waals surface area contributed by atoms with Crippen LogP contribution < -0.4 is 9.62 Å². The first-order valence-corrected chi connectivity index (χ1v) is 13.5. The monoisotopic (exact) mass is 501 g/mol. The molecule has 2 rings (SSSR count). The molecule has 0 spiro atoms. The molecule has 1 N–H and O–H groups in total. The van der Waals surface area contributed by atoms with Gasteiger partial charge in [0.15, 0.2) is 5.78 Å². The molecule has 9 heteroatoms. The van der Waals surface area contributed by atoms with Crippen molar-refractivity contribution in [3.63, 3.8) is 0 Å². The molecule has 2 aromatic rings. The molecule has 0 aliphatic rings. The highest BCUT2D eigenvalue weighted by Gasteiger charge is 2.31. The predicted octanol–water partition coefficient (Wildman–Crippen LogP) is 3.30. The summed E-state index contributed by atoms with van der Waals surface area (Å²) in [5.41, 5.74) is 2.40. The van der Waals surface area contributed by atoms with Crippen LogP contribution in [0, 0.1) is 6.92 Å². The number of hydrogen-bond acceptors (Lipinski definition) is 5. The summed E-state index contributed by atoms with van der Waals surface area (Å²) in [6.07, 6.45) is 2.13. The first-order valence-electron chi connectivity index (χ1n) is 11.7. The normalized spacial score (nSPS) is 12.0. The Morgan fingerprint density at radius 1 is 1.03 bits per heavy atom. The van der Waals surface area contributed by atoms with Gasteiger partial charge in [-0.15, -0.1) is 0 Å². The van der Waals surface area contributed by atoms with Crippen molar-refractivity contribution in [3.05, 3.63) is 65.2 Å². The van der Waals surface area contributed by atoms with Gasteiger partial charge in [-0.1, -0.05) is 55.8 Å². The van der Waals surface area contributed by atoms with Crippen LogP contribution in [0.25, 0.3) is 0 Å². The average Bonchev–Trinajstić information content (AvgIpc) is 2.80. The van der Waals surface area contributed by atoms with Crippen LogP contribution in [0.3, 0.4) is 0 Å². The van der Waals surface area contributed by atoms with E-state index in [9.17, 15) is 22.8 Å². The number of hydrogen-bond donors (Lipinski definition) is 1. The fourth-order valence-electron chi connectivity index (χ4n) is 3.79. The summed E-state index contributed by atoms with van der Waals surface area (Å²) in [6.45, 7) is 7.23. The van der Waals surface area contributed by atoms with Gasteiger partial charge in [-0.2, -0.15) is 0 Å². The van der Waals surface area contributed by atoms with Crippen LogP contribution in [-0.4, -0.2) is 56.3 Å². The number of ketones is 1. The van der Waals surface area contributed by atoms with Gasteiger partial charge < -0.3 is 10.2 Å². The Hall–Kier alpha value is -3.20. The quantitative estimate of drug-likeness (QED) is 0.450. The van der Waals surface area contributed by atoms with E-state index in [4.69, 9.17) is 0 Å². The molecule has 0 aliphatic carbocycles. The van der Waals surface area contributed by atoms with Gasteiger partial charge in [0.25, 0.3) is 0 Å². The fourth-order valence-corrected chi connectivity index (χ4v) is 4.63. The fraction of sp³-hybridized carbons (Fsp3) is 0.423. The van der Waals surface area contributed by atoms with Gasteiger partial charge in [-0.05, 0) is 44.4 Å². The van der Waals surface area contributed by atoms with E-state index in [1.807, 2.05) is 45.0 Å². The van der Waals surface area contributed by atoms with E-state index in [-0.39, 0.29) is 23.9 Å². The Labute approximate surface area is 208 Å². The Kier molecular flexibility index (Phi) is 10.0. The number of nitrogens with one attached hydrogen (secondary N) is 1. The lowest BCUT2D eigenvalue weighted by molar-refractivity contribution is -0.140. The maximum atomic E-state index is 13.6.